The zero-order valence-electron chi connectivity index (χ0n) is 24.2. The van der Waals surface area contributed by atoms with E-state index in [4.69, 9.17) is 9.47 Å². The van der Waals surface area contributed by atoms with Crippen LogP contribution in [0.4, 0.5) is 11.4 Å². The Kier molecular flexibility index (Phi) is 7.42. The molecule has 2 N–H and O–H groups in total. The van der Waals surface area contributed by atoms with Crippen molar-refractivity contribution in [2.24, 2.45) is 5.92 Å². The Balaban J connectivity index is 1.15. The van der Waals surface area contributed by atoms with E-state index in [0.717, 1.165) is 27.7 Å². The largest absolute Gasteiger partial charge is 0.493 e. The summed E-state index contributed by atoms with van der Waals surface area (Å²) in [7, 11) is 1.49. The number of aryl methyl sites for hydroxylation is 1. The maximum Gasteiger partial charge on any atom is 0.305 e. The van der Waals surface area contributed by atoms with E-state index < -0.39 is 17.1 Å². The van der Waals surface area contributed by atoms with Gasteiger partial charge in [-0.3, -0.25) is 19.2 Å². The number of nitrogens with one attached hydrogen (secondary N) is 2. The number of aromatic amines is 1. The van der Waals surface area contributed by atoms with Gasteiger partial charge in [-0.1, -0.05) is 77.2 Å². The van der Waals surface area contributed by atoms with Gasteiger partial charge in [0.05, 0.1) is 23.7 Å². The summed E-state index contributed by atoms with van der Waals surface area (Å²) in [4.78, 5) is 57.4. The molecule has 0 aliphatic carbocycles. The molecule has 5 aromatic rings. The van der Waals surface area contributed by atoms with Gasteiger partial charge in [-0.25, -0.2) is 4.90 Å². The molecule has 1 aromatic heterocycles. The number of amides is 3. The molecule has 0 radical (unpaired) electrons. The molecule has 4 aromatic carbocycles. The van der Waals surface area contributed by atoms with Crippen molar-refractivity contribution in [3.8, 4) is 11.5 Å². The number of nitrogens with zero attached hydrogens (tertiary/aromatic N) is 1. The number of thioether (sulfide) groups is 1. The number of rotatable bonds is 7. The lowest BCUT2D eigenvalue weighted by atomic mass is 9.83. The fourth-order valence-electron chi connectivity index (χ4n) is 5.93. The summed E-state index contributed by atoms with van der Waals surface area (Å²) in [5.74, 6) is -1.57. The summed E-state index contributed by atoms with van der Waals surface area (Å²) in [6, 6.07) is 26.0. The van der Waals surface area contributed by atoms with Crippen molar-refractivity contribution in [2.45, 2.75) is 23.1 Å². The molecule has 3 atom stereocenters. The first kappa shape index (κ1) is 28.9. The van der Waals surface area contributed by atoms with Crippen molar-refractivity contribution in [1.82, 2.24) is 4.98 Å². The van der Waals surface area contributed by atoms with Crippen LogP contribution in [-0.2, 0) is 14.4 Å². The maximum absolute atomic E-state index is 14.0. The van der Waals surface area contributed by atoms with Gasteiger partial charge in [-0.05, 0) is 59.7 Å². The molecule has 9 nitrogen and oxygen atoms in total. The molecule has 226 valence electrons. The van der Waals surface area contributed by atoms with Crippen LogP contribution >= 0.6 is 23.1 Å². The fourth-order valence-corrected chi connectivity index (χ4v) is 8.44. The van der Waals surface area contributed by atoms with Crippen molar-refractivity contribution < 1.29 is 23.9 Å². The molecule has 1 fully saturated rings. The molecule has 0 saturated carbocycles. The van der Waals surface area contributed by atoms with E-state index in [1.54, 1.807) is 30.3 Å². The van der Waals surface area contributed by atoms with Crippen molar-refractivity contribution in [1.29, 1.82) is 0 Å². The molecule has 1 saturated heterocycles. The van der Waals surface area contributed by atoms with Gasteiger partial charge in [0.15, 0.2) is 18.1 Å². The first-order valence-corrected chi connectivity index (χ1v) is 15.9. The number of anilines is 2. The summed E-state index contributed by atoms with van der Waals surface area (Å²) in [5.41, 5.74) is 2.89. The predicted molar refractivity (Wildman–Crippen MR) is 175 cm³/mol. The minimum atomic E-state index is -0.730. The molecular formula is C34H27N3O6S2. The number of aromatic nitrogens is 1. The third-order valence-electron chi connectivity index (χ3n) is 8.05. The Morgan fingerprint density at radius 1 is 0.911 bits per heavy atom. The van der Waals surface area contributed by atoms with Crippen LogP contribution in [0.5, 0.6) is 11.5 Å². The van der Waals surface area contributed by atoms with Gasteiger partial charge in [-0.2, -0.15) is 0 Å². The smallest absolute Gasteiger partial charge is 0.305 e. The van der Waals surface area contributed by atoms with E-state index in [2.05, 4.69) is 10.3 Å². The standard InChI is InChI=1S/C34H27N3O6S2/c1-18-7-12-23(13-8-18)37-32(39)28-27(29-31(36-34(41)45-29)44-30(28)33(37)40)21-10-14-24(25(16-21)42-2)43-17-26(38)35-22-11-9-19-5-3-4-6-20(19)15-22/h3-16,27-28,30H,17H2,1-2H3,(H,35,38)(H,36,41). The Hall–Kier alpha value is -4.87. The van der Waals surface area contributed by atoms with Gasteiger partial charge in [0.2, 0.25) is 11.8 Å². The van der Waals surface area contributed by atoms with E-state index in [9.17, 15) is 19.2 Å². The predicted octanol–water partition coefficient (Wildman–Crippen LogP) is 5.72. The number of fused-ring (bicyclic) bond motifs is 3. The first-order chi connectivity index (χ1) is 21.8. The second-order valence-corrected chi connectivity index (χ2v) is 13.1. The van der Waals surface area contributed by atoms with Gasteiger partial charge in [-0.15, -0.1) is 0 Å². The number of carbonyl (C=O) groups excluding carboxylic acids is 3. The highest BCUT2D eigenvalue weighted by atomic mass is 32.2. The highest BCUT2D eigenvalue weighted by molar-refractivity contribution is 8.00. The van der Waals surface area contributed by atoms with Crippen LogP contribution in [0.15, 0.2) is 94.7 Å². The van der Waals surface area contributed by atoms with Crippen molar-refractivity contribution in [3.05, 3.63) is 111 Å². The maximum atomic E-state index is 14.0. The SMILES string of the molecule is COc1cc(C2c3sc(=O)[nH]c3SC3C(=O)N(c4ccc(C)cc4)C(=O)C32)ccc1OCC(=O)Nc1ccc2ccccc2c1. The lowest BCUT2D eigenvalue weighted by molar-refractivity contribution is -0.122. The molecule has 2 aliphatic rings. The second kappa shape index (κ2) is 11.6. The van der Waals surface area contributed by atoms with Crippen molar-refractivity contribution in [3.63, 3.8) is 0 Å². The van der Waals surface area contributed by atoms with Gasteiger partial charge >= 0.3 is 4.87 Å². The van der Waals surface area contributed by atoms with Crippen LogP contribution in [0, 0.1) is 12.8 Å². The van der Waals surface area contributed by atoms with E-state index >= 15 is 0 Å². The lowest BCUT2D eigenvalue weighted by Gasteiger charge is -2.30. The lowest BCUT2D eigenvalue weighted by Crippen LogP contribution is -2.32. The quantitative estimate of drug-likeness (QED) is 0.219. The van der Waals surface area contributed by atoms with Crippen molar-refractivity contribution >= 4 is 63.0 Å². The van der Waals surface area contributed by atoms with E-state index in [0.29, 0.717) is 38.3 Å². The molecule has 0 spiro atoms. The molecule has 7 rings (SSSR count). The number of H-pyrrole nitrogens is 1. The number of hydrogen-bond donors (Lipinski definition) is 2. The van der Waals surface area contributed by atoms with Crippen LogP contribution in [0.25, 0.3) is 10.8 Å². The molecule has 11 heteroatoms. The van der Waals surface area contributed by atoms with E-state index in [1.807, 2.05) is 61.5 Å². The van der Waals surface area contributed by atoms with Gasteiger partial charge in [0, 0.05) is 16.5 Å². The topological polar surface area (TPSA) is 118 Å². The zero-order chi connectivity index (χ0) is 31.2. The van der Waals surface area contributed by atoms with E-state index in [-0.39, 0.29) is 29.2 Å². The summed E-state index contributed by atoms with van der Waals surface area (Å²) in [6.07, 6.45) is 0. The molecule has 3 heterocycles. The highest BCUT2D eigenvalue weighted by Crippen LogP contribution is 2.53. The summed E-state index contributed by atoms with van der Waals surface area (Å²) in [5, 5.41) is 4.83. The molecule has 0 bridgehead atoms. The third-order valence-corrected chi connectivity index (χ3v) is 10.5. The Bertz CT molecular complexity index is 2040. The van der Waals surface area contributed by atoms with Crippen LogP contribution in [0.3, 0.4) is 0 Å². The summed E-state index contributed by atoms with van der Waals surface area (Å²) < 4.78 is 11.5. The molecule has 45 heavy (non-hydrogen) atoms. The second-order valence-electron chi connectivity index (χ2n) is 10.9. The van der Waals surface area contributed by atoms with Crippen LogP contribution in [-0.4, -0.2) is 41.7 Å². The van der Waals surface area contributed by atoms with Crippen molar-refractivity contribution in [2.75, 3.05) is 23.9 Å². The van der Waals surface area contributed by atoms with Crippen LogP contribution < -0.4 is 24.6 Å². The molecule has 3 amide bonds. The fraction of sp³-hybridized carbons (Fsp3) is 0.176. The third kappa shape index (κ3) is 5.27. The number of carbonyl (C=O) groups is 3. The minimum Gasteiger partial charge on any atom is -0.493 e. The Labute approximate surface area is 266 Å². The van der Waals surface area contributed by atoms with Gasteiger partial charge < -0.3 is 19.8 Å². The highest BCUT2D eigenvalue weighted by Gasteiger charge is 2.56. The average Bonchev–Trinajstić information content (AvgIpc) is 3.54. The van der Waals surface area contributed by atoms with Gasteiger partial charge in [0.25, 0.3) is 5.91 Å². The number of thiazole rings is 1. The minimum absolute atomic E-state index is 0.253. The number of methoxy groups -OCH3 is 1. The first-order valence-electron chi connectivity index (χ1n) is 14.2. The Morgan fingerprint density at radius 3 is 2.47 bits per heavy atom. The van der Waals surface area contributed by atoms with E-state index in [1.165, 1.54) is 23.8 Å². The molecule has 3 unspecified atom stereocenters. The number of ether oxygens (including phenoxy) is 2. The monoisotopic (exact) mass is 637 g/mol. The zero-order valence-corrected chi connectivity index (χ0v) is 25.9. The number of hydrogen-bond acceptors (Lipinski definition) is 8. The van der Waals surface area contributed by atoms with Crippen LogP contribution in [0.2, 0.25) is 0 Å². The summed E-state index contributed by atoms with van der Waals surface area (Å²) in [6.45, 7) is 1.69. The Morgan fingerprint density at radius 2 is 1.69 bits per heavy atom. The van der Waals surface area contributed by atoms with Crippen LogP contribution in [0.1, 0.15) is 21.9 Å². The molecule has 2 aliphatic heterocycles. The average molecular weight is 638 g/mol. The normalized spacial score (nSPS) is 18.9. The molecular weight excluding hydrogens is 611 g/mol. The summed E-state index contributed by atoms with van der Waals surface area (Å²) >= 11 is 2.27. The number of imide groups is 1. The number of benzene rings is 4. The van der Waals surface area contributed by atoms with Gasteiger partial charge in [0.1, 0.15) is 5.25 Å².